The number of aliphatic hydroxyl groups is 3. The lowest BCUT2D eigenvalue weighted by molar-refractivity contribution is -0.138. The number of amides is 2. The minimum Gasteiger partial charge on any atom is -0.493 e. The van der Waals surface area contributed by atoms with E-state index in [2.05, 4.69) is 5.32 Å². The highest BCUT2D eigenvalue weighted by Crippen LogP contribution is 2.51. The number of Topliss-reactive ketones (excluding diaryl/α,β-unsaturated/α-hetero) is 1. The first-order valence-corrected chi connectivity index (χ1v) is 13.5. The third-order valence-corrected chi connectivity index (χ3v) is 7.36. The van der Waals surface area contributed by atoms with Gasteiger partial charge in [0.05, 0.1) is 32.3 Å². The molecule has 0 saturated carbocycles. The zero-order chi connectivity index (χ0) is 29.7. The van der Waals surface area contributed by atoms with E-state index < -0.39 is 35.9 Å². The van der Waals surface area contributed by atoms with Crippen LogP contribution in [-0.2, 0) is 27.5 Å². The number of methoxy groups -OCH3 is 1. The predicted octanol–water partition coefficient (Wildman–Crippen LogP) is 1.74. The molecule has 1 aliphatic heterocycles. The zero-order valence-corrected chi connectivity index (χ0v) is 23.0. The Balaban J connectivity index is 1.78. The second kappa shape index (κ2) is 13.2. The van der Waals surface area contributed by atoms with Crippen molar-refractivity contribution in [3.8, 4) is 11.5 Å². The quantitative estimate of drug-likeness (QED) is 0.302. The first-order valence-electron chi connectivity index (χ1n) is 13.5. The maximum absolute atomic E-state index is 13.6. The SMILES string of the molecule is COc1cc(CO)cc2c1OC1C2C(C(=O)NCCO)=CC(N(Cc2ccc(F)cc2)C(=O)CCCC(C)=O)C1O. The second-order valence-corrected chi connectivity index (χ2v) is 10.2. The summed E-state index contributed by atoms with van der Waals surface area (Å²) in [6, 6.07) is 7.88. The molecule has 0 saturated heterocycles. The van der Waals surface area contributed by atoms with Gasteiger partial charge < -0.3 is 39.8 Å². The highest BCUT2D eigenvalue weighted by molar-refractivity contribution is 5.96. The molecule has 0 fully saturated rings. The van der Waals surface area contributed by atoms with Crippen LogP contribution in [0.15, 0.2) is 48.0 Å². The summed E-state index contributed by atoms with van der Waals surface area (Å²) in [5.74, 6) is -1.48. The monoisotopic (exact) mass is 570 g/mol. The van der Waals surface area contributed by atoms with Crippen LogP contribution >= 0.6 is 0 Å². The van der Waals surface area contributed by atoms with E-state index in [1.165, 1.54) is 49.3 Å². The molecule has 11 heteroatoms. The molecule has 4 rings (SSSR count). The van der Waals surface area contributed by atoms with Crippen molar-refractivity contribution in [2.75, 3.05) is 20.3 Å². The fourth-order valence-corrected chi connectivity index (χ4v) is 5.40. The largest absolute Gasteiger partial charge is 0.493 e. The van der Waals surface area contributed by atoms with Crippen LogP contribution in [-0.4, -0.2) is 76.3 Å². The Labute approximate surface area is 237 Å². The number of aliphatic hydroxyl groups excluding tert-OH is 3. The van der Waals surface area contributed by atoms with Gasteiger partial charge in [-0.05, 0) is 54.8 Å². The van der Waals surface area contributed by atoms with Gasteiger partial charge in [0, 0.05) is 37.1 Å². The minimum absolute atomic E-state index is 0.00523. The number of rotatable bonds is 12. The van der Waals surface area contributed by atoms with Crippen molar-refractivity contribution in [3.63, 3.8) is 0 Å². The van der Waals surface area contributed by atoms with Gasteiger partial charge in [0.1, 0.15) is 23.8 Å². The number of nitrogens with zero attached hydrogens (tertiary/aromatic N) is 1. The Morgan fingerprint density at radius 1 is 1.10 bits per heavy atom. The van der Waals surface area contributed by atoms with E-state index in [1.807, 2.05) is 0 Å². The van der Waals surface area contributed by atoms with Crippen molar-refractivity contribution in [3.05, 3.63) is 70.6 Å². The predicted molar refractivity (Wildman–Crippen MR) is 146 cm³/mol. The van der Waals surface area contributed by atoms with E-state index in [1.54, 1.807) is 12.1 Å². The molecule has 4 atom stereocenters. The summed E-state index contributed by atoms with van der Waals surface area (Å²) in [5, 5.41) is 33.5. The number of benzene rings is 2. The lowest BCUT2D eigenvalue weighted by Crippen LogP contribution is -2.55. The van der Waals surface area contributed by atoms with Crippen LogP contribution in [0.25, 0.3) is 0 Å². The Kier molecular flexibility index (Phi) is 9.74. The third kappa shape index (κ3) is 6.58. The summed E-state index contributed by atoms with van der Waals surface area (Å²) < 4.78 is 25.3. The molecule has 0 radical (unpaired) electrons. The van der Waals surface area contributed by atoms with Gasteiger partial charge in [-0.25, -0.2) is 4.39 Å². The van der Waals surface area contributed by atoms with Crippen molar-refractivity contribution in [2.24, 2.45) is 0 Å². The molecule has 2 aromatic carbocycles. The Bertz CT molecular complexity index is 1310. The lowest BCUT2D eigenvalue weighted by Gasteiger charge is -2.41. The first kappa shape index (κ1) is 30.2. The van der Waals surface area contributed by atoms with E-state index in [0.717, 1.165) is 0 Å². The van der Waals surface area contributed by atoms with Crippen molar-refractivity contribution >= 4 is 17.6 Å². The van der Waals surface area contributed by atoms with Crippen molar-refractivity contribution < 1.29 is 43.6 Å². The molecule has 2 amide bonds. The molecule has 10 nitrogen and oxygen atoms in total. The molecule has 0 aromatic heterocycles. The van der Waals surface area contributed by atoms with Gasteiger partial charge in [0.25, 0.3) is 0 Å². The highest BCUT2D eigenvalue weighted by Gasteiger charge is 2.51. The molecule has 1 aliphatic carbocycles. The molecule has 0 bridgehead atoms. The summed E-state index contributed by atoms with van der Waals surface area (Å²) in [6.45, 7) is 0.850. The first-order chi connectivity index (χ1) is 19.7. The Morgan fingerprint density at radius 3 is 2.46 bits per heavy atom. The topological polar surface area (TPSA) is 146 Å². The van der Waals surface area contributed by atoms with Gasteiger partial charge in [-0.1, -0.05) is 12.1 Å². The molecule has 4 N–H and O–H groups in total. The summed E-state index contributed by atoms with van der Waals surface area (Å²) in [4.78, 5) is 39.9. The number of ketones is 1. The molecule has 0 spiro atoms. The van der Waals surface area contributed by atoms with E-state index in [0.29, 0.717) is 34.6 Å². The summed E-state index contributed by atoms with van der Waals surface area (Å²) >= 11 is 0. The summed E-state index contributed by atoms with van der Waals surface area (Å²) in [7, 11) is 1.44. The molecule has 220 valence electrons. The van der Waals surface area contributed by atoms with Crippen LogP contribution in [0.2, 0.25) is 0 Å². The van der Waals surface area contributed by atoms with Crippen LogP contribution in [0.3, 0.4) is 0 Å². The van der Waals surface area contributed by atoms with Gasteiger partial charge in [-0.15, -0.1) is 0 Å². The second-order valence-electron chi connectivity index (χ2n) is 10.2. The van der Waals surface area contributed by atoms with Crippen LogP contribution in [0.5, 0.6) is 11.5 Å². The fraction of sp³-hybridized carbons (Fsp3) is 0.433. The average Bonchev–Trinajstić information content (AvgIpc) is 3.35. The van der Waals surface area contributed by atoms with Crippen LogP contribution in [0.4, 0.5) is 4.39 Å². The maximum Gasteiger partial charge on any atom is 0.247 e. The molecule has 41 heavy (non-hydrogen) atoms. The number of nitrogens with one attached hydrogen (secondary N) is 1. The van der Waals surface area contributed by atoms with Gasteiger partial charge in [0.2, 0.25) is 11.8 Å². The van der Waals surface area contributed by atoms with Crippen molar-refractivity contribution in [1.29, 1.82) is 0 Å². The number of carbonyl (C=O) groups is 3. The zero-order valence-electron chi connectivity index (χ0n) is 23.0. The standard InChI is InChI=1S/C30H35FN2O8/c1-17(36)4-3-5-25(37)33(15-18-6-8-20(31)9-7-18)23-14-22(30(39)32-10-11-34)26-21-12-19(16-35)13-24(40-2)28(21)41-29(26)27(23)38/h6-9,12-14,23,26-27,29,34-35,38H,3-5,10-11,15-16H2,1-2H3,(H,32,39). The number of ether oxygens (including phenoxy) is 2. The van der Waals surface area contributed by atoms with Crippen LogP contribution < -0.4 is 14.8 Å². The molecule has 4 unspecified atom stereocenters. The van der Waals surface area contributed by atoms with Crippen molar-refractivity contribution in [2.45, 2.75) is 63.5 Å². The smallest absolute Gasteiger partial charge is 0.247 e. The normalized spacial score (nSPS) is 20.8. The summed E-state index contributed by atoms with van der Waals surface area (Å²) in [6.07, 6.45) is -0.211. The minimum atomic E-state index is -1.29. The van der Waals surface area contributed by atoms with Gasteiger partial charge in [0.15, 0.2) is 11.5 Å². The number of fused-ring (bicyclic) bond motifs is 3. The van der Waals surface area contributed by atoms with Crippen LogP contribution in [0, 0.1) is 5.82 Å². The highest BCUT2D eigenvalue weighted by atomic mass is 19.1. The average molecular weight is 571 g/mol. The summed E-state index contributed by atoms with van der Waals surface area (Å²) in [5.41, 5.74) is 1.88. The van der Waals surface area contributed by atoms with Gasteiger partial charge in [-0.2, -0.15) is 0 Å². The molecule has 1 heterocycles. The van der Waals surface area contributed by atoms with Crippen molar-refractivity contribution in [1.82, 2.24) is 10.2 Å². The van der Waals surface area contributed by atoms with Gasteiger partial charge in [-0.3, -0.25) is 9.59 Å². The van der Waals surface area contributed by atoms with E-state index in [9.17, 15) is 34.1 Å². The lowest BCUT2D eigenvalue weighted by atomic mass is 9.77. The number of hydrogen-bond acceptors (Lipinski definition) is 8. The Hall–Kier alpha value is -3.80. The molecule has 2 aliphatic rings. The number of halogens is 1. The number of hydrogen-bond donors (Lipinski definition) is 4. The Morgan fingerprint density at radius 2 is 1.83 bits per heavy atom. The van der Waals surface area contributed by atoms with E-state index in [4.69, 9.17) is 9.47 Å². The molecule has 2 aromatic rings. The fourth-order valence-electron chi connectivity index (χ4n) is 5.40. The maximum atomic E-state index is 13.6. The molecular weight excluding hydrogens is 535 g/mol. The van der Waals surface area contributed by atoms with Gasteiger partial charge >= 0.3 is 0 Å². The number of carbonyl (C=O) groups excluding carboxylic acids is 3. The third-order valence-electron chi connectivity index (χ3n) is 7.36. The van der Waals surface area contributed by atoms with E-state index in [-0.39, 0.29) is 56.4 Å². The van der Waals surface area contributed by atoms with Crippen LogP contribution in [0.1, 0.15) is 48.8 Å². The van der Waals surface area contributed by atoms with E-state index >= 15 is 0 Å². The molecular formula is C30H35FN2O8.